The van der Waals surface area contributed by atoms with Crippen molar-refractivity contribution in [1.29, 1.82) is 0 Å². The van der Waals surface area contributed by atoms with Crippen LogP contribution < -0.4 is 20.8 Å². The van der Waals surface area contributed by atoms with Crippen LogP contribution >= 0.6 is 0 Å². The fraction of sp³-hybridized carbons (Fsp3) is 0.300. The van der Waals surface area contributed by atoms with Crippen molar-refractivity contribution in [2.75, 3.05) is 37.1 Å². The average Bonchev–Trinajstić information content (AvgIpc) is 2.61. The van der Waals surface area contributed by atoms with Crippen molar-refractivity contribution in [2.45, 2.75) is 0 Å². The Balaban J connectivity index is 2.95. The van der Waals surface area contributed by atoms with Gasteiger partial charge in [-0.15, -0.1) is 4.85 Å². The quantitative estimate of drug-likeness (QED) is 0.357. The fourth-order valence-electron chi connectivity index (χ4n) is 1.95. The molecule has 7 heteroatoms. The van der Waals surface area contributed by atoms with Gasteiger partial charge in [0.05, 0.1) is 18.4 Å². The van der Waals surface area contributed by atoms with Crippen molar-refractivity contribution in [1.82, 2.24) is 4.85 Å². The highest BCUT2D eigenvalue weighted by Gasteiger charge is 2.22. The third kappa shape index (κ3) is 1.39. The van der Waals surface area contributed by atoms with Gasteiger partial charge < -0.3 is 21.0 Å². The maximum absolute atomic E-state index is 11.8. The van der Waals surface area contributed by atoms with Gasteiger partial charge in [0.15, 0.2) is 5.52 Å². The van der Waals surface area contributed by atoms with Gasteiger partial charge >= 0.3 is 5.82 Å². The maximum Gasteiger partial charge on any atom is 0.311 e. The molecular weight excluding hydrogens is 222 g/mol. The highest BCUT2D eigenvalue weighted by Crippen LogP contribution is 2.33. The van der Waals surface area contributed by atoms with Crippen LogP contribution in [-0.2, 0) is 0 Å². The smallest absolute Gasteiger partial charge is 0.311 e. The number of rotatable bonds is 3. The van der Waals surface area contributed by atoms with Gasteiger partial charge in [-0.25, -0.2) is 0 Å². The molecule has 1 aromatic heterocycles. The van der Waals surface area contributed by atoms with Crippen molar-refractivity contribution < 1.29 is 10.1 Å². The molecule has 0 saturated carbocycles. The molecular formula is C10H15N5O2. The average molecular weight is 237 g/mol. The van der Waals surface area contributed by atoms with Crippen LogP contribution in [-0.4, -0.2) is 31.2 Å². The Morgan fingerprint density at radius 1 is 1.12 bits per heavy atom. The van der Waals surface area contributed by atoms with E-state index >= 15 is 0 Å². The van der Waals surface area contributed by atoms with Gasteiger partial charge in [0, 0.05) is 14.1 Å². The minimum absolute atomic E-state index is 0.295. The summed E-state index contributed by atoms with van der Waals surface area (Å²) < 4.78 is 0. The van der Waals surface area contributed by atoms with E-state index in [2.05, 4.69) is 16.0 Å². The third-order valence-electron chi connectivity index (χ3n) is 2.75. The van der Waals surface area contributed by atoms with Gasteiger partial charge in [-0.2, -0.15) is 0 Å². The topological polar surface area (TPSA) is 88.2 Å². The van der Waals surface area contributed by atoms with E-state index in [1.807, 2.05) is 6.07 Å². The first-order valence-corrected chi connectivity index (χ1v) is 5.19. The lowest BCUT2D eigenvalue weighted by Crippen LogP contribution is -2.38. The first kappa shape index (κ1) is 11.2. The zero-order valence-corrected chi connectivity index (χ0v) is 9.90. The molecule has 2 aromatic rings. The van der Waals surface area contributed by atoms with Gasteiger partial charge in [-0.3, -0.25) is 5.32 Å². The molecule has 1 aromatic carbocycles. The van der Waals surface area contributed by atoms with Crippen LogP contribution in [0.25, 0.3) is 10.9 Å². The summed E-state index contributed by atoms with van der Waals surface area (Å²) in [5.41, 5.74) is 1.87. The molecule has 4 N–H and O–H groups in total. The second-order valence-corrected chi connectivity index (χ2v) is 3.55. The summed E-state index contributed by atoms with van der Waals surface area (Å²) in [7, 11) is 5.13. The Morgan fingerprint density at radius 2 is 1.71 bits per heavy atom. The third-order valence-corrected chi connectivity index (χ3v) is 2.75. The summed E-state index contributed by atoms with van der Waals surface area (Å²) in [6.45, 7) is 0. The SMILES string of the molecule is CNc1ccc(NC)c2c1c(NC)[n+]([O-])n2O. The number of nitrogens with one attached hydrogen (secondary N) is 3. The van der Waals surface area contributed by atoms with Crippen LogP contribution in [0, 0.1) is 5.21 Å². The lowest BCUT2D eigenvalue weighted by Gasteiger charge is -2.06. The summed E-state index contributed by atoms with van der Waals surface area (Å²) >= 11 is 0. The molecule has 0 radical (unpaired) electrons. The molecule has 7 nitrogen and oxygen atoms in total. The Bertz CT molecular complexity index is 564. The first-order valence-electron chi connectivity index (χ1n) is 5.19. The van der Waals surface area contributed by atoms with Gasteiger partial charge in [-0.1, -0.05) is 0 Å². The molecule has 0 amide bonds. The lowest BCUT2D eigenvalue weighted by atomic mass is 10.1. The molecule has 0 aliphatic heterocycles. The second-order valence-electron chi connectivity index (χ2n) is 3.55. The van der Waals surface area contributed by atoms with E-state index in [0.29, 0.717) is 32.1 Å². The van der Waals surface area contributed by atoms with Gasteiger partial charge in [0.2, 0.25) is 0 Å². The molecule has 92 valence electrons. The van der Waals surface area contributed by atoms with E-state index in [-0.39, 0.29) is 0 Å². The van der Waals surface area contributed by atoms with Gasteiger partial charge in [-0.05, 0) is 17.0 Å². The number of benzene rings is 1. The van der Waals surface area contributed by atoms with Crippen LogP contribution in [0.3, 0.4) is 0 Å². The molecule has 0 aliphatic rings. The molecule has 0 unspecified atom stereocenters. The molecule has 2 rings (SSSR count). The summed E-state index contributed by atoms with van der Waals surface area (Å²) in [6, 6.07) is 3.63. The molecule has 0 aliphatic carbocycles. The molecule has 1 heterocycles. The highest BCUT2D eigenvalue weighted by molar-refractivity contribution is 6.05. The highest BCUT2D eigenvalue weighted by atomic mass is 16.6. The fourth-order valence-corrected chi connectivity index (χ4v) is 1.95. The predicted octanol–water partition coefficient (Wildman–Crippen LogP) is 0.637. The Labute approximate surface area is 98.2 Å². The Hall–Kier alpha value is -2.31. The second kappa shape index (κ2) is 3.93. The van der Waals surface area contributed by atoms with Crippen molar-refractivity contribution in [3.63, 3.8) is 0 Å². The van der Waals surface area contributed by atoms with Crippen LogP contribution in [0.1, 0.15) is 0 Å². The molecule has 17 heavy (non-hydrogen) atoms. The van der Waals surface area contributed by atoms with Crippen molar-refractivity contribution >= 4 is 28.1 Å². The number of anilines is 3. The normalized spacial score (nSPS) is 10.5. The minimum atomic E-state index is 0.295. The largest absolute Gasteiger partial charge is 0.690 e. The summed E-state index contributed by atoms with van der Waals surface area (Å²) in [5, 5.41) is 30.9. The summed E-state index contributed by atoms with van der Waals surface area (Å²) in [4.78, 5) is 0.986. The van der Waals surface area contributed by atoms with Crippen molar-refractivity contribution in [3.8, 4) is 0 Å². The van der Waals surface area contributed by atoms with Crippen LogP contribution in [0.5, 0.6) is 0 Å². The van der Waals surface area contributed by atoms with Crippen LogP contribution in [0.4, 0.5) is 17.2 Å². The molecule has 0 spiro atoms. The maximum atomic E-state index is 11.8. The zero-order valence-electron chi connectivity index (χ0n) is 9.90. The number of hydrogen-bond acceptors (Lipinski definition) is 5. The van der Waals surface area contributed by atoms with Crippen molar-refractivity contribution in [2.24, 2.45) is 0 Å². The van der Waals surface area contributed by atoms with Crippen molar-refractivity contribution in [3.05, 3.63) is 17.3 Å². The Kier molecular flexibility index (Phi) is 2.58. The lowest BCUT2D eigenvalue weighted by molar-refractivity contribution is -0.709. The summed E-state index contributed by atoms with van der Waals surface area (Å²) in [5.74, 6) is 0.295. The number of aromatic nitrogens is 2. The van der Waals surface area contributed by atoms with E-state index in [0.717, 1.165) is 5.69 Å². The molecule has 0 bridgehead atoms. The van der Waals surface area contributed by atoms with E-state index in [1.54, 1.807) is 27.2 Å². The van der Waals surface area contributed by atoms with E-state index in [9.17, 15) is 10.4 Å². The molecule has 0 atom stereocenters. The van der Waals surface area contributed by atoms with E-state index < -0.39 is 0 Å². The molecule has 0 fully saturated rings. The van der Waals surface area contributed by atoms with Gasteiger partial charge in [0.25, 0.3) is 0 Å². The summed E-state index contributed by atoms with van der Waals surface area (Å²) in [6.07, 6.45) is 0. The van der Waals surface area contributed by atoms with E-state index in [1.165, 1.54) is 0 Å². The zero-order chi connectivity index (χ0) is 12.6. The first-order chi connectivity index (χ1) is 8.15. The number of fused-ring (bicyclic) bond motifs is 1. The van der Waals surface area contributed by atoms with E-state index in [4.69, 9.17) is 0 Å². The molecule has 0 saturated heterocycles. The predicted molar refractivity (Wildman–Crippen MR) is 66.7 cm³/mol. The van der Waals surface area contributed by atoms with Gasteiger partial charge in [0.1, 0.15) is 5.39 Å². The monoisotopic (exact) mass is 237 g/mol. The van der Waals surface area contributed by atoms with Crippen LogP contribution in [0.15, 0.2) is 12.1 Å². The standard InChI is InChI=1S/C10H15N5O2/c1-11-6-4-5-7(12-2)9-8(6)10(13-3)15(17)14(9)16/h4-5,11-13,16H,1-3H3. The minimum Gasteiger partial charge on any atom is -0.690 e. The Morgan fingerprint density at radius 3 is 2.24 bits per heavy atom. The number of nitrogens with zero attached hydrogens (tertiary/aromatic N) is 2. The van der Waals surface area contributed by atoms with Crippen LogP contribution in [0.2, 0.25) is 0 Å². The number of hydrogen-bond donors (Lipinski definition) is 4.